The number of anilines is 1. The van der Waals surface area contributed by atoms with Crippen LogP contribution < -0.4 is 11.1 Å². The van der Waals surface area contributed by atoms with Crippen LogP contribution in [0.1, 0.15) is 40.0 Å². The molecule has 0 fully saturated rings. The van der Waals surface area contributed by atoms with Crippen LogP contribution in [0.4, 0.5) is 5.69 Å². The Morgan fingerprint density at radius 1 is 1.19 bits per heavy atom. The molecule has 1 amide bonds. The van der Waals surface area contributed by atoms with E-state index in [1.165, 1.54) is 16.7 Å². The first-order valence-corrected chi connectivity index (χ1v) is 7.19. The Morgan fingerprint density at radius 2 is 1.90 bits per heavy atom. The number of carbonyl (C=O) groups excluding carboxylic acids is 1. The number of nitrogens with two attached hydrogens (primary N) is 1. The van der Waals surface area contributed by atoms with Crippen molar-refractivity contribution in [1.82, 2.24) is 0 Å². The van der Waals surface area contributed by atoms with E-state index < -0.39 is 5.91 Å². The standard InChI is InChI=1S/C17H19ClN2O/c1-10-4-6-14(11(2)8-10)12(3)20-13-5-7-16(18)15(9-13)17(19)21/h4-9,12,20H,1-3H3,(H2,19,21). The van der Waals surface area contributed by atoms with Gasteiger partial charge in [0.2, 0.25) is 5.91 Å². The number of rotatable bonds is 4. The van der Waals surface area contributed by atoms with Crippen molar-refractivity contribution in [3.05, 3.63) is 63.7 Å². The summed E-state index contributed by atoms with van der Waals surface area (Å²) in [6, 6.07) is 11.7. The molecular weight excluding hydrogens is 284 g/mol. The molecule has 0 aliphatic heterocycles. The van der Waals surface area contributed by atoms with Crippen LogP contribution in [0.2, 0.25) is 5.02 Å². The van der Waals surface area contributed by atoms with Crippen molar-refractivity contribution >= 4 is 23.2 Å². The number of aryl methyl sites for hydroxylation is 2. The van der Waals surface area contributed by atoms with Gasteiger partial charge in [0.25, 0.3) is 0 Å². The molecule has 21 heavy (non-hydrogen) atoms. The average molecular weight is 303 g/mol. The van der Waals surface area contributed by atoms with Crippen molar-refractivity contribution in [2.24, 2.45) is 5.73 Å². The molecule has 2 rings (SSSR count). The Hall–Kier alpha value is -2.00. The molecule has 0 aliphatic rings. The highest BCUT2D eigenvalue weighted by Gasteiger charge is 2.11. The first kappa shape index (κ1) is 15.4. The first-order valence-electron chi connectivity index (χ1n) is 6.81. The molecule has 1 atom stereocenters. The van der Waals surface area contributed by atoms with E-state index >= 15 is 0 Å². The maximum Gasteiger partial charge on any atom is 0.250 e. The Morgan fingerprint density at radius 3 is 2.52 bits per heavy atom. The number of halogens is 1. The van der Waals surface area contributed by atoms with Crippen LogP contribution in [0.3, 0.4) is 0 Å². The molecule has 2 aromatic rings. The van der Waals surface area contributed by atoms with Crippen molar-refractivity contribution < 1.29 is 4.79 Å². The first-order chi connectivity index (χ1) is 9.88. The quantitative estimate of drug-likeness (QED) is 0.888. The molecule has 1 unspecified atom stereocenters. The molecule has 0 aliphatic carbocycles. The summed E-state index contributed by atoms with van der Waals surface area (Å²) in [5.74, 6) is -0.525. The van der Waals surface area contributed by atoms with Gasteiger partial charge in [0, 0.05) is 11.7 Å². The van der Waals surface area contributed by atoms with Gasteiger partial charge in [-0.2, -0.15) is 0 Å². The fourth-order valence-electron chi connectivity index (χ4n) is 2.44. The second-order valence-corrected chi connectivity index (χ2v) is 5.69. The number of carbonyl (C=O) groups is 1. The smallest absolute Gasteiger partial charge is 0.250 e. The predicted molar refractivity (Wildman–Crippen MR) is 87.9 cm³/mol. The number of nitrogens with one attached hydrogen (secondary N) is 1. The summed E-state index contributed by atoms with van der Waals surface area (Å²) >= 11 is 5.96. The molecule has 0 saturated carbocycles. The minimum atomic E-state index is -0.525. The van der Waals surface area contributed by atoms with Crippen LogP contribution in [-0.2, 0) is 0 Å². The number of amides is 1. The number of hydrogen-bond donors (Lipinski definition) is 2. The van der Waals surface area contributed by atoms with Gasteiger partial charge in [0.15, 0.2) is 0 Å². The maximum absolute atomic E-state index is 11.3. The van der Waals surface area contributed by atoms with Crippen LogP contribution in [0.25, 0.3) is 0 Å². The summed E-state index contributed by atoms with van der Waals surface area (Å²) in [6.45, 7) is 6.25. The van der Waals surface area contributed by atoms with Gasteiger partial charge in [-0.1, -0.05) is 35.4 Å². The van der Waals surface area contributed by atoms with E-state index in [1.807, 2.05) is 6.07 Å². The highest BCUT2D eigenvalue weighted by Crippen LogP contribution is 2.25. The van der Waals surface area contributed by atoms with Crippen molar-refractivity contribution in [1.29, 1.82) is 0 Å². The van der Waals surface area contributed by atoms with Crippen molar-refractivity contribution in [2.75, 3.05) is 5.32 Å². The van der Waals surface area contributed by atoms with E-state index in [2.05, 4.69) is 44.3 Å². The van der Waals surface area contributed by atoms with Crippen LogP contribution in [0.5, 0.6) is 0 Å². The van der Waals surface area contributed by atoms with E-state index in [9.17, 15) is 4.79 Å². The van der Waals surface area contributed by atoms with E-state index in [0.29, 0.717) is 10.6 Å². The molecule has 0 bridgehead atoms. The summed E-state index contributed by atoms with van der Waals surface area (Å²) < 4.78 is 0. The molecule has 4 heteroatoms. The van der Waals surface area contributed by atoms with Crippen LogP contribution in [0, 0.1) is 13.8 Å². The van der Waals surface area contributed by atoms with E-state index in [-0.39, 0.29) is 6.04 Å². The lowest BCUT2D eigenvalue weighted by Crippen LogP contribution is -2.13. The summed E-state index contributed by atoms with van der Waals surface area (Å²) in [5, 5.41) is 3.74. The van der Waals surface area contributed by atoms with Crippen LogP contribution in [-0.4, -0.2) is 5.91 Å². The molecule has 3 nitrogen and oxygen atoms in total. The van der Waals surface area contributed by atoms with Gasteiger partial charge in [0.1, 0.15) is 0 Å². The minimum absolute atomic E-state index is 0.118. The highest BCUT2D eigenvalue weighted by atomic mass is 35.5. The van der Waals surface area contributed by atoms with Crippen molar-refractivity contribution in [3.63, 3.8) is 0 Å². The number of benzene rings is 2. The second kappa shape index (κ2) is 6.19. The van der Waals surface area contributed by atoms with Crippen LogP contribution in [0.15, 0.2) is 36.4 Å². The Labute approximate surface area is 130 Å². The SMILES string of the molecule is Cc1ccc(C(C)Nc2ccc(Cl)c(C(N)=O)c2)c(C)c1. The highest BCUT2D eigenvalue weighted by molar-refractivity contribution is 6.33. The summed E-state index contributed by atoms with van der Waals surface area (Å²) in [6.07, 6.45) is 0. The van der Waals surface area contributed by atoms with Gasteiger partial charge < -0.3 is 11.1 Å². The monoisotopic (exact) mass is 302 g/mol. The van der Waals surface area contributed by atoms with Gasteiger partial charge in [-0.25, -0.2) is 0 Å². The van der Waals surface area contributed by atoms with Gasteiger partial charge in [-0.15, -0.1) is 0 Å². The fourth-order valence-corrected chi connectivity index (χ4v) is 2.65. The summed E-state index contributed by atoms with van der Waals surface area (Å²) in [5.41, 5.74) is 10.2. The van der Waals surface area contributed by atoms with Crippen molar-refractivity contribution in [3.8, 4) is 0 Å². The normalized spacial score (nSPS) is 12.0. The lowest BCUT2D eigenvalue weighted by molar-refractivity contribution is 0.100. The third-order valence-corrected chi connectivity index (χ3v) is 3.84. The third kappa shape index (κ3) is 3.56. The zero-order valence-corrected chi connectivity index (χ0v) is 13.2. The molecule has 0 spiro atoms. The molecule has 2 aromatic carbocycles. The largest absolute Gasteiger partial charge is 0.378 e. The van der Waals surface area contributed by atoms with Crippen LogP contribution >= 0.6 is 11.6 Å². The maximum atomic E-state index is 11.3. The van der Waals surface area contributed by atoms with E-state index in [1.54, 1.807) is 12.1 Å². The molecule has 0 heterocycles. The topological polar surface area (TPSA) is 55.1 Å². The average Bonchev–Trinajstić information content (AvgIpc) is 2.40. The number of hydrogen-bond acceptors (Lipinski definition) is 2. The Bertz CT molecular complexity index is 682. The molecule has 0 saturated heterocycles. The fraction of sp³-hybridized carbons (Fsp3) is 0.235. The minimum Gasteiger partial charge on any atom is -0.378 e. The molecule has 110 valence electrons. The molecule has 0 aromatic heterocycles. The van der Waals surface area contributed by atoms with Crippen molar-refractivity contribution in [2.45, 2.75) is 26.8 Å². The van der Waals surface area contributed by atoms with Gasteiger partial charge in [-0.05, 0) is 50.1 Å². The second-order valence-electron chi connectivity index (χ2n) is 5.28. The molecule has 3 N–H and O–H groups in total. The number of primary amides is 1. The zero-order chi connectivity index (χ0) is 15.6. The van der Waals surface area contributed by atoms with E-state index in [0.717, 1.165) is 5.69 Å². The summed E-state index contributed by atoms with van der Waals surface area (Å²) in [4.78, 5) is 11.3. The van der Waals surface area contributed by atoms with Gasteiger partial charge in [-0.3, -0.25) is 4.79 Å². The molecular formula is C17H19ClN2O. The third-order valence-electron chi connectivity index (χ3n) is 3.51. The lowest BCUT2D eigenvalue weighted by Gasteiger charge is -2.19. The van der Waals surface area contributed by atoms with Gasteiger partial charge in [0.05, 0.1) is 10.6 Å². The van der Waals surface area contributed by atoms with Gasteiger partial charge >= 0.3 is 0 Å². The summed E-state index contributed by atoms with van der Waals surface area (Å²) in [7, 11) is 0. The predicted octanol–water partition coefficient (Wildman–Crippen LogP) is 4.23. The molecule has 0 radical (unpaired) electrons. The Balaban J connectivity index is 2.25. The van der Waals surface area contributed by atoms with E-state index in [4.69, 9.17) is 17.3 Å². The zero-order valence-electron chi connectivity index (χ0n) is 12.4. The lowest BCUT2D eigenvalue weighted by atomic mass is 10.00. The Kier molecular flexibility index (Phi) is 4.53.